The number of carbonyl (C=O) groups excluding carboxylic acids is 1. The maximum Gasteiger partial charge on any atom is 0.254 e. The molecule has 1 aromatic rings. The second-order valence-corrected chi connectivity index (χ2v) is 5.58. The Labute approximate surface area is 115 Å². The van der Waals surface area contributed by atoms with Gasteiger partial charge in [-0.2, -0.15) is 0 Å². The molecule has 2 aliphatic rings. The van der Waals surface area contributed by atoms with E-state index in [9.17, 15) is 4.79 Å². The largest absolute Gasteiger partial charge is 0.339 e. The van der Waals surface area contributed by atoms with E-state index in [2.05, 4.69) is 16.3 Å². The lowest BCUT2D eigenvalue weighted by atomic mass is 9.94. The number of amides is 1. The highest BCUT2D eigenvalue weighted by atomic mass is 16.2. The van der Waals surface area contributed by atoms with Crippen molar-refractivity contribution in [3.63, 3.8) is 0 Å². The van der Waals surface area contributed by atoms with E-state index in [1.807, 2.05) is 12.1 Å². The van der Waals surface area contributed by atoms with Crippen LogP contribution in [0.25, 0.3) is 0 Å². The van der Waals surface area contributed by atoms with Gasteiger partial charge < -0.3 is 10.2 Å². The van der Waals surface area contributed by atoms with E-state index < -0.39 is 0 Å². The average molecular weight is 258 g/mol. The maximum absolute atomic E-state index is 12.7. The summed E-state index contributed by atoms with van der Waals surface area (Å²) in [6.45, 7) is 3.75. The standard InChI is InChI=1S/C16H22N2O/c19-16(18-10-3-1-2-4-11-18)15-7-5-6-13-12-17-9-8-14(13)15/h5-7,17H,1-4,8-12H2. The zero-order chi connectivity index (χ0) is 13.1. The van der Waals surface area contributed by atoms with Gasteiger partial charge >= 0.3 is 0 Å². The molecule has 19 heavy (non-hydrogen) atoms. The Hall–Kier alpha value is -1.35. The van der Waals surface area contributed by atoms with Crippen molar-refractivity contribution in [2.45, 2.75) is 38.6 Å². The van der Waals surface area contributed by atoms with Crippen molar-refractivity contribution in [3.8, 4) is 0 Å². The zero-order valence-electron chi connectivity index (χ0n) is 11.5. The average Bonchev–Trinajstić information content (AvgIpc) is 2.75. The molecule has 0 saturated carbocycles. The van der Waals surface area contributed by atoms with Crippen molar-refractivity contribution in [3.05, 3.63) is 34.9 Å². The third-order valence-corrected chi connectivity index (χ3v) is 4.26. The molecule has 0 spiro atoms. The first-order valence-corrected chi connectivity index (χ1v) is 7.47. The highest BCUT2D eigenvalue weighted by Crippen LogP contribution is 2.21. The number of hydrogen-bond acceptors (Lipinski definition) is 2. The first kappa shape index (κ1) is 12.7. The van der Waals surface area contributed by atoms with E-state index in [1.54, 1.807) is 0 Å². The molecule has 1 amide bonds. The van der Waals surface area contributed by atoms with Crippen molar-refractivity contribution in [1.29, 1.82) is 0 Å². The number of benzene rings is 1. The van der Waals surface area contributed by atoms with Gasteiger partial charge in [-0.1, -0.05) is 25.0 Å². The highest BCUT2D eigenvalue weighted by Gasteiger charge is 2.22. The van der Waals surface area contributed by atoms with Crippen molar-refractivity contribution in [2.75, 3.05) is 19.6 Å². The molecule has 0 aliphatic carbocycles. The Bertz CT molecular complexity index is 462. The zero-order valence-corrected chi connectivity index (χ0v) is 11.5. The number of likely N-dealkylation sites (tertiary alicyclic amines) is 1. The van der Waals surface area contributed by atoms with Gasteiger partial charge in [-0.25, -0.2) is 0 Å². The fourth-order valence-corrected chi connectivity index (χ4v) is 3.18. The molecule has 1 N–H and O–H groups in total. The summed E-state index contributed by atoms with van der Waals surface area (Å²) in [5.41, 5.74) is 3.52. The van der Waals surface area contributed by atoms with Gasteiger partial charge in [0, 0.05) is 25.2 Å². The van der Waals surface area contributed by atoms with Crippen molar-refractivity contribution in [1.82, 2.24) is 10.2 Å². The van der Waals surface area contributed by atoms with Crippen LogP contribution in [0.5, 0.6) is 0 Å². The van der Waals surface area contributed by atoms with E-state index in [4.69, 9.17) is 0 Å². The number of fused-ring (bicyclic) bond motifs is 1. The first-order chi connectivity index (χ1) is 9.36. The third kappa shape index (κ3) is 2.66. The smallest absolute Gasteiger partial charge is 0.254 e. The molecule has 1 aromatic carbocycles. The number of rotatable bonds is 1. The van der Waals surface area contributed by atoms with Crippen LogP contribution < -0.4 is 5.32 Å². The summed E-state index contributed by atoms with van der Waals surface area (Å²) in [7, 11) is 0. The Morgan fingerprint density at radius 3 is 2.68 bits per heavy atom. The molecule has 0 bridgehead atoms. The molecule has 0 atom stereocenters. The molecule has 102 valence electrons. The minimum absolute atomic E-state index is 0.251. The number of hydrogen-bond donors (Lipinski definition) is 1. The molecule has 3 nitrogen and oxygen atoms in total. The highest BCUT2D eigenvalue weighted by molar-refractivity contribution is 5.96. The van der Waals surface area contributed by atoms with Gasteiger partial charge in [-0.05, 0) is 43.0 Å². The van der Waals surface area contributed by atoms with Crippen molar-refractivity contribution in [2.24, 2.45) is 0 Å². The van der Waals surface area contributed by atoms with Gasteiger partial charge in [-0.3, -0.25) is 4.79 Å². The molecule has 3 heteroatoms. The second kappa shape index (κ2) is 5.74. The van der Waals surface area contributed by atoms with E-state index in [1.165, 1.54) is 24.0 Å². The predicted molar refractivity (Wildman–Crippen MR) is 76.2 cm³/mol. The molecule has 1 fully saturated rings. The fraction of sp³-hybridized carbons (Fsp3) is 0.562. The summed E-state index contributed by atoms with van der Waals surface area (Å²) >= 11 is 0. The van der Waals surface area contributed by atoms with Crippen LogP contribution in [0.1, 0.15) is 47.2 Å². The van der Waals surface area contributed by atoms with Gasteiger partial charge in [0.1, 0.15) is 0 Å². The topological polar surface area (TPSA) is 32.3 Å². The molecule has 0 aromatic heterocycles. The summed E-state index contributed by atoms with van der Waals surface area (Å²) < 4.78 is 0. The number of nitrogens with zero attached hydrogens (tertiary/aromatic N) is 1. The van der Waals surface area contributed by atoms with Crippen molar-refractivity contribution < 1.29 is 4.79 Å². The molecule has 0 radical (unpaired) electrons. The third-order valence-electron chi connectivity index (χ3n) is 4.26. The van der Waals surface area contributed by atoms with Crippen LogP contribution in [0.2, 0.25) is 0 Å². The van der Waals surface area contributed by atoms with Crippen LogP contribution in [0.4, 0.5) is 0 Å². The van der Waals surface area contributed by atoms with Crippen LogP contribution in [0.3, 0.4) is 0 Å². The summed E-state index contributed by atoms with van der Waals surface area (Å²) in [6, 6.07) is 6.18. The maximum atomic E-state index is 12.7. The molecule has 0 unspecified atom stereocenters. The summed E-state index contributed by atoms with van der Waals surface area (Å²) in [5.74, 6) is 0.251. The van der Waals surface area contributed by atoms with Crippen molar-refractivity contribution >= 4 is 5.91 Å². The quantitative estimate of drug-likeness (QED) is 0.838. The Balaban J connectivity index is 1.86. The first-order valence-electron chi connectivity index (χ1n) is 7.47. The normalized spacial score (nSPS) is 19.7. The Kier molecular flexibility index (Phi) is 3.83. The fourth-order valence-electron chi connectivity index (χ4n) is 3.18. The lowest BCUT2D eigenvalue weighted by molar-refractivity contribution is 0.0760. The Morgan fingerprint density at radius 1 is 1.11 bits per heavy atom. The predicted octanol–water partition coefficient (Wildman–Crippen LogP) is 2.35. The SMILES string of the molecule is O=C(c1cccc2c1CCNC2)N1CCCCCC1. The molecule has 1 saturated heterocycles. The van der Waals surface area contributed by atoms with Crippen LogP contribution in [-0.2, 0) is 13.0 Å². The van der Waals surface area contributed by atoms with E-state index in [-0.39, 0.29) is 5.91 Å². The van der Waals surface area contributed by atoms with Gasteiger partial charge in [0.15, 0.2) is 0 Å². The lowest BCUT2D eigenvalue weighted by Crippen LogP contribution is -2.34. The van der Waals surface area contributed by atoms with Crippen LogP contribution in [0.15, 0.2) is 18.2 Å². The lowest BCUT2D eigenvalue weighted by Gasteiger charge is -2.25. The summed E-state index contributed by atoms with van der Waals surface area (Å²) in [5, 5.41) is 3.37. The minimum atomic E-state index is 0.251. The molecule has 2 aliphatic heterocycles. The van der Waals surface area contributed by atoms with Gasteiger partial charge in [0.25, 0.3) is 5.91 Å². The molecule has 3 rings (SSSR count). The van der Waals surface area contributed by atoms with Crippen LogP contribution in [-0.4, -0.2) is 30.4 Å². The van der Waals surface area contributed by atoms with E-state index >= 15 is 0 Å². The number of carbonyl (C=O) groups is 1. The van der Waals surface area contributed by atoms with E-state index in [0.717, 1.165) is 51.0 Å². The second-order valence-electron chi connectivity index (χ2n) is 5.58. The van der Waals surface area contributed by atoms with Gasteiger partial charge in [0.2, 0.25) is 0 Å². The van der Waals surface area contributed by atoms with Gasteiger partial charge in [0.05, 0.1) is 0 Å². The minimum Gasteiger partial charge on any atom is -0.339 e. The summed E-state index contributed by atoms with van der Waals surface area (Å²) in [6.07, 6.45) is 5.82. The van der Waals surface area contributed by atoms with Gasteiger partial charge in [-0.15, -0.1) is 0 Å². The van der Waals surface area contributed by atoms with Crippen LogP contribution >= 0.6 is 0 Å². The molecule has 2 heterocycles. The Morgan fingerprint density at radius 2 is 1.89 bits per heavy atom. The summed E-state index contributed by atoms with van der Waals surface area (Å²) in [4.78, 5) is 14.8. The van der Waals surface area contributed by atoms with Crippen LogP contribution in [0, 0.1) is 0 Å². The molecular weight excluding hydrogens is 236 g/mol. The monoisotopic (exact) mass is 258 g/mol. The molecular formula is C16H22N2O. The number of nitrogens with one attached hydrogen (secondary N) is 1. The van der Waals surface area contributed by atoms with E-state index in [0.29, 0.717) is 0 Å².